The van der Waals surface area contributed by atoms with Gasteiger partial charge in [0.1, 0.15) is 0 Å². The van der Waals surface area contributed by atoms with Crippen LogP contribution in [0.2, 0.25) is 0 Å². The predicted molar refractivity (Wildman–Crippen MR) is 119 cm³/mol. The molecule has 0 aliphatic carbocycles. The highest BCUT2D eigenvalue weighted by atomic mass is 16.2. The summed E-state index contributed by atoms with van der Waals surface area (Å²) >= 11 is 0. The number of amides is 3. The molecule has 0 saturated carbocycles. The largest absolute Gasteiger partial charge is 0.324 e. The van der Waals surface area contributed by atoms with Crippen molar-refractivity contribution in [1.29, 1.82) is 0 Å². The van der Waals surface area contributed by atoms with Gasteiger partial charge in [0.05, 0.1) is 0 Å². The van der Waals surface area contributed by atoms with Gasteiger partial charge in [0.25, 0.3) is 0 Å². The van der Waals surface area contributed by atoms with Crippen LogP contribution in [0.4, 0.5) is 4.79 Å². The number of nitrogens with one attached hydrogen (secondary N) is 1. The number of hydrogen-bond acceptors (Lipinski definition) is 3. The van der Waals surface area contributed by atoms with E-state index in [0.29, 0.717) is 19.0 Å². The summed E-state index contributed by atoms with van der Waals surface area (Å²) < 4.78 is 0. The third-order valence-electron chi connectivity index (χ3n) is 5.46. The summed E-state index contributed by atoms with van der Waals surface area (Å²) in [5, 5.41) is 2.65. The molecule has 1 aliphatic heterocycles. The minimum atomic E-state index is -0.236. The van der Waals surface area contributed by atoms with Gasteiger partial charge in [-0.05, 0) is 24.3 Å². The Hall–Kier alpha value is -2.14. The average Bonchev–Trinajstić information content (AvgIpc) is 2.72. The van der Waals surface area contributed by atoms with E-state index < -0.39 is 0 Å². The quantitative estimate of drug-likeness (QED) is 0.669. The lowest BCUT2D eigenvalue weighted by atomic mass is 9.93. The van der Waals surface area contributed by atoms with Gasteiger partial charge >= 0.3 is 6.03 Å². The molecule has 1 aromatic rings. The van der Waals surface area contributed by atoms with E-state index in [0.717, 1.165) is 45.3 Å². The fourth-order valence-corrected chi connectivity index (χ4v) is 3.61. The van der Waals surface area contributed by atoms with Crippen LogP contribution in [0.25, 0.3) is 6.08 Å². The number of rotatable bonds is 9. The molecule has 1 aromatic carbocycles. The average molecular weight is 400 g/mol. The first-order valence-electron chi connectivity index (χ1n) is 11.0. The van der Waals surface area contributed by atoms with E-state index in [2.05, 4.69) is 55.3 Å². The second kappa shape index (κ2) is 12.4. The monoisotopic (exact) mass is 399 g/mol. The molecule has 2 rings (SSSR count). The maximum atomic E-state index is 12.6. The Labute approximate surface area is 176 Å². The van der Waals surface area contributed by atoms with Crippen LogP contribution in [0, 0.1) is 11.8 Å². The van der Waals surface area contributed by atoms with Crippen LogP contribution in [0.15, 0.2) is 36.4 Å². The smallest absolute Gasteiger partial charge is 0.322 e. The standard InChI is InChI=1S/C24H37N3O2/c1-4-9-22(14-13-20(2)3)23(28)25-24(29)27-18-16-26(17-19-27)15-8-12-21-10-6-5-7-11-21/h5-8,10-12,20,22H,4,9,13-19H2,1-3H3,(H,25,28,29)/t22-/m0/s1. The normalized spacial score (nSPS) is 16.3. The minimum absolute atomic E-state index is 0.0595. The summed E-state index contributed by atoms with van der Waals surface area (Å²) in [7, 11) is 0. The predicted octanol–water partition coefficient (Wildman–Crippen LogP) is 4.41. The van der Waals surface area contributed by atoms with E-state index in [-0.39, 0.29) is 17.9 Å². The molecule has 0 spiro atoms. The second-order valence-corrected chi connectivity index (χ2v) is 8.35. The number of carbonyl (C=O) groups is 2. The molecule has 1 fully saturated rings. The molecule has 1 aliphatic rings. The summed E-state index contributed by atoms with van der Waals surface area (Å²) in [5.41, 5.74) is 1.20. The molecule has 1 saturated heterocycles. The van der Waals surface area contributed by atoms with Gasteiger partial charge in [-0.2, -0.15) is 0 Å². The van der Waals surface area contributed by atoms with E-state index in [4.69, 9.17) is 0 Å². The maximum absolute atomic E-state index is 12.6. The zero-order chi connectivity index (χ0) is 21.1. The molecule has 3 amide bonds. The third-order valence-corrected chi connectivity index (χ3v) is 5.46. The molecule has 1 heterocycles. The molecule has 29 heavy (non-hydrogen) atoms. The Bertz CT molecular complexity index is 649. The van der Waals surface area contributed by atoms with Crippen molar-refractivity contribution in [3.63, 3.8) is 0 Å². The third kappa shape index (κ3) is 8.40. The maximum Gasteiger partial charge on any atom is 0.324 e. The number of urea groups is 1. The van der Waals surface area contributed by atoms with Crippen LogP contribution in [0.3, 0.4) is 0 Å². The van der Waals surface area contributed by atoms with E-state index in [9.17, 15) is 9.59 Å². The number of nitrogens with zero attached hydrogens (tertiary/aromatic N) is 2. The molecule has 5 heteroatoms. The van der Waals surface area contributed by atoms with Crippen molar-refractivity contribution in [3.8, 4) is 0 Å². The fourth-order valence-electron chi connectivity index (χ4n) is 3.61. The highest BCUT2D eigenvalue weighted by Gasteiger charge is 2.25. The number of carbonyl (C=O) groups excluding carboxylic acids is 2. The summed E-state index contributed by atoms with van der Waals surface area (Å²) in [6, 6.07) is 10.0. The van der Waals surface area contributed by atoms with Gasteiger partial charge in [0, 0.05) is 38.6 Å². The molecule has 0 unspecified atom stereocenters. The lowest BCUT2D eigenvalue weighted by molar-refractivity contribution is -0.124. The molecule has 5 nitrogen and oxygen atoms in total. The highest BCUT2D eigenvalue weighted by Crippen LogP contribution is 2.17. The van der Waals surface area contributed by atoms with Gasteiger partial charge in [0.15, 0.2) is 0 Å². The minimum Gasteiger partial charge on any atom is -0.322 e. The van der Waals surface area contributed by atoms with Crippen molar-refractivity contribution in [3.05, 3.63) is 42.0 Å². The van der Waals surface area contributed by atoms with E-state index >= 15 is 0 Å². The summed E-state index contributed by atoms with van der Waals surface area (Å²) in [6.45, 7) is 10.3. The Morgan fingerprint density at radius 2 is 1.72 bits per heavy atom. The van der Waals surface area contributed by atoms with Crippen molar-refractivity contribution in [1.82, 2.24) is 15.1 Å². The van der Waals surface area contributed by atoms with E-state index in [1.165, 1.54) is 5.56 Å². The van der Waals surface area contributed by atoms with Crippen molar-refractivity contribution < 1.29 is 9.59 Å². The first-order valence-corrected chi connectivity index (χ1v) is 11.0. The first-order chi connectivity index (χ1) is 14.0. The molecular weight excluding hydrogens is 362 g/mol. The number of piperazine rings is 1. The molecule has 0 radical (unpaired) electrons. The molecule has 0 bridgehead atoms. The van der Waals surface area contributed by atoms with E-state index in [1.807, 2.05) is 18.2 Å². The lowest BCUT2D eigenvalue weighted by Gasteiger charge is -2.34. The van der Waals surface area contributed by atoms with Crippen LogP contribution in [0.5, 0.6) is 0 Å². The SMILES string of the molecule is CCC[C@@H](CCC(C)C)C(=O)NC(=O)N1CCN(CC=Cc2ccccc2)CC1. The number of benzene rings is 1. The van der Waals surface area contributed by atoms with Crippen molar-refractivity contribution in [2.45, 2.75) is 46.5 Å². The highest BCUT2D eigenvalue weighted by molar-refractivity contribution is 5.95. The van der Waals surface area contributed by atoms with Crippen molar-refractivity contribution in [2.75, 3.05) is 32.7 Å². The lowest BCUT2D eigenvalue weighted by Crippen LogP contribution is -2.53. The topological polar surface area (TPSA) is 52.7 Å². The Kier molecular flexibility index (Phi) is 9.92. The van der Waals surface area contributed by atoms with Gasteiger partial charge in [0.2, 0.25) is 5.91 Å². The first kappa shape index (κ1) is 23.1. The summed E-state index contributed by atoms with van der Waals surface area (Å²) in [5.74, 6) is 0.406. The van der Waals surface area contributed by atoms with Crippen LogP contribution in [-0.2, 0) is 4.79 Å². The number of hydrogen-bond donors (Lipinski definition) is 1. The molecular formula is C24H37N3O2. The van der Waals surface area contributed by atoms with Crippen LogP contribution < -0.4 is 5.32 Å². The van der Waals surface area contributed by atoms with Gasteiger partial charge in [-0.15, -0.1) is 0 Å². The van der Waals surface area contributed by atoms with Gasteiger partial charge in [-0.25, -0.2) is 4.79 Å². The molecule has 1 N–H and O–H groups in total. The van der Waals surface area contributed by atoms with E-state index in [1.54, 1.807) is 4.90 Å². The molecule has 1 atom stereocenters. The van der Waals surface area contributed by atoms with Crippen LogP contribution >= 0.6 is 0 Å². The number of imide groups is 1. The van der Waals surface area contributed by atoms with Crippen LogP contribution in [-0.4, -0.2) is 54.5 Å². The van der Waals surface area contributed by atoms with Crippen molar-refractivity contribution in [2.24, 2.45) is 11.8 Å². The molecule has 0 aromatic heterocycles. The summed E-state index contributed by atoms with van der Waals surface area (Å²) in [6.07, 6.45) is 7.96. The fraction of sp³-hybridized carbons (Fsp3) is 0.583. The Morgan fingerprint density at radius 1 is 1.03 bits per heavy atom. The van der Waals surface area contributed by atoms with Gasteiger partial charge < -0.3 is 4.90 Å². The Balaban J connectivity index is 1.74. The Morgan fingerprint density at radius 3 is 2.34 bits per heavy atom. The van der Waals surface area contributed by atoms with Gasteiger partial charge in [-0.3, -0.25) is 15.0 Å². The zero-order valence-electron chi connectivity index (χ0n) is 18.3. The second-order valence-electron chi connectivity index (χ2n) is 8.35. The van der Waals surface area contributed by atoms with Crippen molar-refractivity contribution >= 4 is 18.0 Å². The van der Waals surface area contributed by atoms with Crippen LogP contribution in [0.1, 0.15) is 52.0 Å². The summed E-state index contributed by atoms with van der Waals surface area (Å²) in [4.78, 5) is 29.2. The zero-order valence-corrected chi connectivity index (χ0v) is 18.3. The van der Waals surface area contributed by atoms with Gasteiger partial charge in [-0.1, -0.05) is 76.1 Å². The molecule has 160 valence electrons.